The van der Waals surface area contributed by atoms with Crippen LogP contribution in [0.15, 0.2) is 74.6 Å². The lowest BCUT2D eigenvalue weighted by molar-refractivity contribution is -0.140. The topological polar surface area (TPSA) is 308 Å². The van der Waals surface area contributed by atoms with Crippen molar-refractivity contribution in [1.29, 1.82) is 0 Å². The molecule has 4 aromatic carbocycles. The minimum absolute atomic E-state index is 0.0374. The van der Waals surface area contributed by atoms with Crippen molar-refractivity contribution in [1.82, 2.24) is 20.0 Å². The molecule has 2 amide bonds. The van der Waals surface area contributed by atoms with Crippen LogP contribution in [0.1, 0.15) is 30.4 Å². The molecule has 0 aliphatic carbocycles. The smallest absolute Gasteiger partial charge is 0.317 e. The van der Waals surface area contributed by atoms with E-state index < -0.39 is 61.8 Å². The van der Waals surface area contributed by atoms with Crippen LogP contribution in [0.3, 0.4) is 0 Å². The van der Waals surface area contributed by atoms with Gasteiger partial charge in [0.25, 0.3) is 0 Å². The Labute approximate surface area is 372 Å². The average molecular weight is 924 g/mol. The van der Waals surface area contributed by atoms with Crippen molar-refractivity contribution in [3.63, 3.8) is 0 Å². The minimum Gasteiger partial charge on any atom is -0.505 e. The third kappa shape index (κ3) is 13.0. The summed E-state index contributed by atoms with van der Waals surface area (Å²) in [5.74, 6) is -3.38. The second kappa shape index (κ2) is 22.5. The van der Waals surface area contributed by atoms with Crippen molar-refractivity contribution in [3.8, 4) is 16.9 Å². The van der Waals surface area contributed by atoms with E-state index in [1.54, 1.807) is 21.9 Å². The Morgan fingerprint density at radius 2 is 1.25 bits per heavy atom. The molecule has 1 aliphatic rings. The molecule has 0 aromatic heterocycles. The Morgan fingerprint density at radius 3 is 1.78 bits per heavy atom. The van der Waals surface area contributed by atoms with Gasteiger partial charge in [-0.2, -0.15) is 5.11 Å². The summed E-state index contributed by atoms with van der Waals surface area (Å²) in [7, 11) is -6.49. The number of anilines is 2. The molecule has 0 bridgehead atoms. The molecular formula is C42H53N9O11S2. The fourth-order valence-electron chi connectivity index (χ4n) is 7.37. The van der Waals surface area contributed by atoms with Crippen LogP contribution in [-0.2, 0) is 40.6 Å². The van der Waals surface area contributed by atoms with Gasteiger partial charge in [0, 0.05) is 50.3 Å². The number of carbonyl (C=O) groups excluding carboxylic acids is 2. The normalized spacial score (nSPS) is 15.0. The number of carboxylic acids is 2. The first-order chi connectivity index (χ1) is 30.4. The van der Waals surface area contributed by atoms with Gasteiger partial charge in [0.05, 0.1) is 46.2 Å². The summed E-state index contributed by atoms with van der Waals surface area (Å²) in [6, 6.07) is 13.7. The molecule has 1 heterocycles. The fourth-order valence-corrected chi connectivity index (χ4v) is 8.63. The first-order valence-corrected chi connectivity index (χ1v) is 22.7. The Hall–Kier alpha value is -6.04. The molecule has 5 rings (SSSR count). The highest BCUT2D eigenvalue weighted by atomic mass is 32.2. The zero-order valence-corrected chi connectivity index (χ0v) is 37.1. The van der Waals surface area contributed by atoms with E-state index in [0.717, 1.165) is 22.8 Å². The van der Waals surface area contributed by atoms with Gasteiger partial charge in [0.15, 0.2) is 27.2 Å². The number of nitrogens with one attached hydrogen (secondary N) is 2. The molecule has 4 aromatic rings. The predicted octanol–water partition coefficient (Wildman–Crippen LogP) is 2.41. The molecule has 344 valence electrons. The summed E-state index contributed by atoms with van der Waals surface area (Å²) in [5.41, 5.74) is 15.5. The van der Waals surface area contributed by atoms with Crippen molar-refractivity contribution in [3.05, 3.63) is 65.7 Å². The number of nitrogens with zero attached hydrogens (tertiary/aromatic N) is 5. The molecule has 0 radical (unpaired) electrons. The maximum absolute atomic E-state index is 13.7. The van der Waals surface area contributed by atoms with Gasteiger partial charge in [-0.15, -0.1) is 5.11 Å². The first kappa shape index (κ1) is 49.0. The quantitative estimate of drug-likeness (QED) is 0.0300. The summed E-state index contributed by atoms with van der Waals surface area (Å²) < 4.78 is 47.4. The Bertz CT molecular complexity index is 2560. The lowest BCUT2D eigenvalue weighted by Gasteiger charge is -2.26. The summed E-state index contributed by atoms with van der Waals surface area (Å²) in [5, 5.41) is 43.9. The van der Waals surface area contributed by atoms with Crippen LogP contribution >= 0.6 is 0 Å². The van der Waals surface area contributed by atoms with Gasteiger partial charge >= 0.3 is 11.9 Å². The number of thiol groups is 2. The zero-order valence-electron chi connectivity index (χ0n) is 35.4. The molecular weight excluding hydrogens is 871 g/mol. The number of aryl methyl sites for hydroxylation is 2. The highest BCUT2D eigenvalue weighted by Crippen LogP contribution is 2.42. The molecule has 1 fully saturated rings. The summed E-state index contributed by atoms with van der Waals surface area (Å²) in [4.78, 5) is 54.5. The number of azo groups is 1. The summed E-state index contributed by atoms with van der Waals surface area (Å²) in [6.45, 7) is 5.70. The number of benzene rings is 4. The van der Waals surface area contributed by atoms with Gasteiger partial charge < -0.3 is 37.4 Å². The zero-order chi connectivity index (χ0) is 46.7. The molecule has 0 saturated carbocycles. The Morgan fingerprint density at radius 1 is 0.719 bits per heavy atom. The lowest BCUT2D eigenvalue weighted by Crippen LogP contribution is -2.49. The first-order valence-electron chi connectivity index (χ1n) is 20.4. The fraction of sp³-hybridized carbons (Fsp3) is 0.381. The predicted molar refractivity (Wildman–Crippen MR) is 241 cm³/mol. The SMILES string of the molecule is Cc1cc(-c2ccc(NC(=O)[C@@H](CCCCN)NC(=O)CN3CCN(CC(=O)O)CCN(CC(=O)O)CC3)c(C)c2)ccc1/N=N/c1ccc2c([SH](=O)=O)cc([SH](=O)=O)c(N)c2c1O. The van der Waals surface area contributed by atoms with E-state index in [-0.39, 0.29) is 46.7 Å². The van der Waals surface area contributed by atoms with Crippen LogP contribution < -0.4 is 22.1 Å². The molecule has 0 spiro atoms. The van der Waals surface area contributed by atoms with E-state index in [4.69, 9.17) is 11.5 Å². The standard InChI is InChI=1S/C42H53N9O11S2/c1-25-19-27(28-7-10-31(26(2)20-28)47-48-32-11-8-29-34(63(59)60)21-35(64(61)62)40(44)39(29)41(32)57)6-9-30(25)46-42(58)33(5-3-4-12-43)45-36(52)22-49-13-15-50(23-37(53)54)17-18-51(16-14-49)24-38(55)56/h6-11,19-21,33,57,63-64H,3-5,12-18,22-24,43-44H2,1-2H3,(H,45,52)(H,46,58)(H,53,54)(H,55,56)/b48-47+/t33-/m1/s1. The van der Waals surface area contributed by atoms with Crippen LogP contribution in [0, 0.1) is 13.8 Å². The van der Waals surface area contributed by atoms with E-state index >= 15 is 0 Å². The van der Waals surface area contributed by atoms with Gasteiger partial charge in [-0.25, -0.2) is 16.8 Å². The minimum atomic E-state index is -3.27. The monoisotopic (exact) mass is 923 g/mol. The number of nitrogen functional groups attached to an aromatic ring is 1. The third-order valence-electron chi connectivity index (χ3n) is 10.8. The number of unbranched alkanes of at least 4 members (excludes halogenated alkanes) is 1. The van der Waals surface area contributed by atoms with Crippen molar-refractivity contribution >= 4 is 78.7 Å². The molecule has 64 heavy (non-hydrogen) atoms. The van der Waals surface area contributed by atoms with E-state index in [0.29, 0.717) is 82.0 Å². The second-order valence-corrected chi connectivity index (χ2v) is 17.4. The van der Waals surface area contributed by atoms with Gasteiger partial charge in [-0.05, 0) is 98.3 Å². The molecule has 9 N–H and O–H groups in total. The van der Waals surface area contributed by atoms with Crippen LogP contribution in [0.25, 0.3) is 21.9 Å². The van der Waals surface area contributed by atoms with E-state index in [1.165, 1.54) is 12.1 Å². The number of aromatic hydroxyl groups is 1. The second-order valence-electron chi connectivity index (χ2n) is 15.4. The van der Waals surface area contributed by atoms with Crippen molar-refractivity contribution in [2.24, 2.45) is 16.0 Å². The van der Waals surface area contributed by atoms with Crippen LogP contribution in [-0.4, -0.2) is 142 Å². The molecule has 1 saturated heterocycles. The Kier molecular flexibility index (Phi) is 17.3. The van der Waals surface area contributed by atoms with Crippen LogP contribution in [0.2, 0.25) is 0 Å². The van der Waals surface area contributed by atoms with E-state index in [1.807, 2.05) is 43.0 Å². The van der Waals surface area contributed by atoms with Crippen molar-refractivity contribution in [2.75, 3.05) is 76.5 Å². The number of hydrogen-bond donors (Lipinski definition) is 9. The number of nitrogens with two attached hydrogens (primary N) is 2. The highest BCUT2D eigenvalue weighted by molar-refractivity contribution is 7.73. The summed E-state index contributed by atoms with van der Waals surface area (Å²) >= 11 is 0. The maximum atomic E-state index is 13.7. The highest BCUT2D eigenvalue weighted by Gasteiger charge is 2.25. The number of phenols is 1. The molecule has 22 heteroatoms. The molecule has 1 atom stereocenters. The number of carboxylic acid groups (broad SMARTS) is 2. The third-order valence-corrected chi connectivity index (χ3v) is 12.3. The maximum Gasteiger partial charge on any atom is 0.317 e. The number of fused-ring (bicyclic) bond motifs is 1. The van der Waals surface area contributed by atoms with E-state index in [2.05, 4.69) is 20.9 Å². The van der Waals surface area contributed by atoms with Gasteiger partial charge in [-0.1, -0.05) is 18.2 Å². The largest absolute Gasteiger partial charge is 0.505 e. The van der Waals surface area contributed by atoms with Crippen LogP contribution in [0.4, 0.5) is 22.7 Å². The van der Waals surface area contributed by atoms with E-state index in [9.17, 15) is 51.3 Å². The Balaban J connectivity index is 1.28. The van der Waals surface area contributed by atoms with Crippen LogP contribution in [0.5, 0.6) is 5.75 Å². The number of carbonyl (C=O) groups is 4. The summed E-state index contributed by atoms with van der Waals surface area (Å²) in [6.07, 6.45) is 1.55. The van der Waals surface area contributed by atoms with Gasteiger partial charge in [0.2, 0.25) is 11.8 Å². The van der Waals surface area contributed by atoms with Crippen molar-refractivity contribution < 1.29 is 51.3 Å². The van der Waals surface area contributed by atoms with Gasteiger partial charge in [0.1, 0.15) is 11.7 Å². The van der Waals surface area contributed by atoms with Crippen molar-refractivity contribution in [2.45, 2.75) is 48.9 Å². The number of hydrogen-bond acceptors (Lipinski definition) is 16. The number of aliphatic carboxylic acids is 2. The number of amides is 2. The molecule has 20 nitrogen and oxygen atoms in total. The number of phenolic OH excluding ortho intramolecular Hbond substituents is 1. The number of rotatable bonds is 18. The average Bonchev–Trinajstić information content (AvgIpc) is 3.31. The molecule has 1 aliphatic heterocycles. The van der Waals surface area contributed by atoms with Gasteiger partial charge in [-0.3, -0.25) is 33.9 Å². The lowest BCUT2D eigenvalue weighted by atomic mass is 10.00. The molecule has 0 unspecified atom stereocenters.